The lowest BCUT2D eigenvalue weighted by Crippen LogP contribution is -2.42. The van der Waals surface area contributed by atoms with Crippen LogP contribution < -0.4 is 4.90 Å². The molecular formula is C22H26F3NO3. The number of alkyl halides is 3. The van der Waals surface area contributed by atoms with Crippen LogP contribution in [0.1, 0.15) is 37.8 Å². The fourth-order valence-electron chi connectivity index (χ4n) is 3.20. The average molecular weight is 409 g/mol. The van der Waals surface area contributed by atoms with Crippen LogP contribution in [0.3, 0.4) is 0 Å². The van der Waals surface area contributed by atoms with Gasteiger partial charge in [0.25, 0.3) is 0 Å². The predicted octanol–water partition coefficient (Wildman–Crippen LogP) is 4.78. The van der Waals surface area contributed by atoms with Gasteiger partial charge >= 0.3 is 6.18 Å². The van der Waals surface area contributed by atoms with Crippen molar-refractivity contribution in [3.63, 3.8) is 0 Å². The van der Waals surface area contributed by atoms with E-state index in [1.807, 2.05) is 13.8 Å². The van der Waals surface area contributed by atoms with E-state index in [1.54, 1.807) is 17.0 Å². The van der Waals surface area contributed by atoms with Crippen molar-refractivity contribution in [2.75, 3.05) is 11.5 Å². The van der Waals surface area contributed by atoms with Crippen molar-refractivity contribution in [2.45, 2.75) is 45.3 Å². The smallest absolute Gasteiger partial charge is 0.416 e. The van der Waals surface area contributed by atoms with Crippen molar-refractivity contribution < 1.29 is 28.2 Å². The van der Waals surface area contributed by atoms with Crippen molar-refractivity contribution in [1.29, 1.82) is 0 Å². The van der Waals surface area contributed by atoms with E-state index in [1.165, 1.54) is 24.3 Å². The molecule has 0 aliphatic carbocycles. The molecule has 0 aliphatic heterocycles. The summed E-state index contributed by atoms with van der Waals surface area (Å²) in [5.74, 6) is -0.735. The number of benzene rings is 2. The van der Waals surface area contributed by atoms with E-state index in [0.717, 1.165) is 17.7 Å². The number of anilines is 1. The fourth-order valence-corrected chi connectivity index (χ4v) is 3.20. The van der Waals surface area contributed by atoms with E-state index in [9.17, 15) is 28.2 Å². The Morgan fingerprint density at radius 3 is 2.10 bits per heavy atom. The van der Waals surface area contributed by atoms with Gasteiger partial charge in [-0.3, -0.25) is 4.79 Å². The van der Waals surface area contributed by atoms with Gasteiger partial charge in [0.1, 0.15) is 5.75 Å². The van der Waals surface area contributed by atoms with Crippen molar-refractivity contribution in [3.05, 3.63) is 59.7 Å². The van der Waals surface area contributed by atoms with Crippen LogP contribution in [0, 0.1) is 5.92 Å². The van der Waals surface area contributed by atoms with Gasteiger partial charge < -0.3 is 15.1 Å². The summed E-state index contributed by atoms with van der Waals surface area (Å²) in [5.41, 5.74) is 0.691. The maximum Gasteiger partial charge on any atom is 0.416 e. The lowest BCUT2D eigenvalue weighted by atomic mass is 9.97. The highest BCUT2D eigenvalue weighted by Gasteiger charge is 2.30. The van der Waals surface area contributed by atoms with Crippen LogP contribution >= 0.6 is 0 Å². The minimum atomic E-state index is -4.36. The Bertz CT molecular complexity index is 786. The second-order valence-electron chi connectivity index (χ2n) is 7.28. The number of aromatic hydroxyl groups is 1. The van der Waals surface area contributed by atoms with Crippen LogP contribution in [-0.2, 0) is 17.4 Å². The van der Waals surface area contributed by atoms with E-state index in [-0.39, 0.29) is 24.3 Å². The molecule has 0 spiro atoms. The number of halogens is 3. The topological polar surface area (TPSA) is 60.8 Å². The molecule has 0 saturated heterocycles. The van der Waals surface area contributed by atoms with E-state index < -0.39 is 17.7 Å². The zero-order valence-corrected chi connectivity index (χ0v) is 16.5. The Labute approximate surface area is 168 Å². The molecule has 1 amide bonds. The van der Waals surface area contributed by atoms with Crippen LogP contribution in [-0.4, -0.2) is 28.8 Å². The molecule has 1 atom stereocenters. The van der Waals surface area contributed by atoms with Crippen LogP contribution in [0.15, 0.2) is 48.5 Å². The predicted molar refractivity (Wildman–Crippen MR) is 106 cm³/mol. The standard InChI is InChI=1S/C22H26F3NO3/c1-15(2)26(19-10-12-20(28)13-11-19)21(29)17(14-27)5-3-4-16-6-8-18(9-7-16)22(23,24)25/h6-13,15,17,27-28H,3-5,14H2,1-2H3. The number of aliphatic hydroxyl groups excluding tert-OH is 1. The molecule has 0 saturated carbocycles. The van der Waals surface area contributed by atoms with Crippen molar-refractivity contribution in [1.82, 2.24) is 0 Å². The third-order valence-corrected chi connectivity index (χ3v) is 4.75. The van der Waals surface area contributed by atoms with Crippen molar-refractivity contribution >= 4 is 11.6 Å². The van der Waals surface area contributed by atoms with Gasteiger partial charge in [-0.2, -0.15) is 13.2 Å². The second-order valence-corrected chi connectivity index (χ2v) is 7.28. The number of rotatable bonds is 8. The van der Waals surface area contributed by atoms with Gasteiger partial charge in [0.2, 0.25) is 5.91 Å². The highest BCUT2D eigenvalue weighted by molar-refractivity contribution is 5.95. The molecule has 2 aromatic rings. The van der Waals surface area contributed by atoms with Crippen LogP contribution in [0.4, 0.5) is 18.9 Å². The molecule has 7 heteroatoms. The van der Waals surface area contributed by atoms with E-state index in [2.05, 4.69) is 0 Å². The number of nitrogens with zero attached hydrogens (tertiary/aromatic N) is 1. The number of carbonyl (C=O) groups is 1. The third kappa shape index (κ3) is 6.22. The lowest BCUT2D eigenvalue weighted by molar-refractivity contribution is -0.137. The summed E-state index contributed by atoms with van der Waals surface area (Å²) in [7, 11) is 0. The Balaban J connectivity index is 2.00. The number of amides is 1. The molecule has 0 radical (unpaired) electrons. The first-order valence-corrected chi connectivity index (χ1v) is 9.52. The summed E-state index contributed by atoms with van der Waals surface area (Å²) in [5, 5.41) is 19.2. The van der Waals surface area contributed by atoms with Crippen molar-refractivity contribution in [3.8, 4) is 5.75 Å². The molecule has 0 fully saturated rings. The summed E-state index contributed by atoms with van der Waals surface area (Å²) in [6, 6.07) is 11.1. The normalized spacial score (nSPS) is 12.8. The Hall–Kier alpha value is -2.54. The summed E-state index contributed by atoms with van der Waals surface area (Å²) in [4.78, 5) is 14.6. The monoisotopic (exact) mass is 409 g/mol. The minimum Gasteiger partial charge on any atom is -0.508 e. The third-order valence-electron chi connectivity index (χ3n) is 4.75. The SMILES string of the molecule is CC(C)N(C(=O)C(CO)CCCc1ccc(C(F)(F)F)cc1)c1ccc(O)cc1. The molecule has 2 aromatic carbocycles. The fraction of sp³-hybridized carbons (Fsp3) is 0.409. The maximum absolute atomic E-state index is 13.0. The zero-order valence-electron chi connectivity index (χ0n) is 16.5. The number of phenolic OH excluding ortho intramolecular Hbond substituents is 1. The molecule has 2 N–H and O–H groups in total. The second kappa shape index (κ2) is 9.78. The maximum atomic E-state index is 13.0. The number of carbonyl (C=O) groups excluding carboxylic acids is 1. The molecule has 1 unspecified atom stereocenters. The number of aryl methyl sites for hydroxylation is 1. The van der Waals surface area contributed by atoms with Crippen molar-refractivity contribution in [2.24, 2.45) is 5.92 Å². The first-order chi connectivity index (χ1) is 13.6. The Kier molecular flexibility index (Phi) is 7.67. The summed E-state index contributed by atoms with van der Waals surface area (Å²) >= 11 is 0. The van der Waals surface area contributed by atoms with E-state index >= 15 is 0 Å². The molecule has 0 aromatic heterocycles. The molecule has 0 bridgehead atoms. The Morgan fingerprint density at radius 1 is 1.03 bits per heavy atom. The first-order valence-electron chi connectivity index (χ1n) is 9.52. The minimum absolute atomic E-state index is 0.0974. The van der Waals surface area contributed by atoms with E-state index in [0.29, 0.717) is 24.9 Å². The van der Waals surface area contributed by atoms with Gasteiger partial charge in [-0.1, -0.05) is 12.1 Å². The van der Waals surface area contributed by atoms with Gasteiger partial charge in [-0.05, 0) is 75.1 Å². The van der Waals surface area contributed by atoms with Gasteiger partial charge in [0.15, 0.2) is 0 Å². The summed E-state index contributed by atoms with van der Waals surface area (Å²) < 4.78 is 37.9. The average Bonchev–Trinajstić information content (AvgIpc) is 2.66. The zero-order chi connectivity index (χ0) is 21.6. The lowest BCUT2D eigenvalue weighted by Gasteiger charge is -2.30. The van der Waals surface area contributed by atoms with Gasteiger partial charge in [-0.25, -0.2) is 0 Å². The Morgan fingerprint density at radius 2 is 1.62 bits per heavy atom. The largest absolute Gasteiger partial charge is 0.508 e. The molecule has 2 rings (SSSR count). The van der Waals surface area contributed by atoms with Gasteiger partial charge in [0.05, 0.1) is 18.1 Å². The van der Waals surface area contributed by atoms with Crippen LogP contribution in [0.5, 0.6) is 5.75 Å². The highest BCUT2D eigenvalue weighted by atomic mass is 19.4. The van der Waals surface area contributed by atoms with Crippen LogP contribution in [0.25, 0.3) is 0 Å². The number of hydrogen-bond donors (Lipinski definition) is 2. The summed E-state index contributed by atoms with van der Waals surface area (Å²) in [6.07, 6.45) is -2.87. The first kappa shape index (κ1) is 22.7. The van der Waals surface area contributed by atoms with Crippen LogP contribution in [0.2, 0.25) is 0 Å². The molecule has 29 heavy (non-hydrogen) atoms. The molecular weight excluding hydrogens is 383 g/mol. The highest BCUT2D eigenvalue weighted by Crippen LogP contribution is 2.29. The number of hydrogen-bond acceptors (Lipinski definition) is 3. The molecule has 0 aliphatic rings. The number of aliphatic hydroxyl groups is 1. The van der Waals surface area contributed by atoms with E-state index in [4.69, 9.17) is 0 Å². The van der Waals surface area contributed by atoms with Gasteiger partial charge in [0, 0.05) is 11.7 Å². The number of phenols is 1. The molecule has 4 nitrogen and oxygen atoms in total. The summed E-state index contributed by atoms with van der Waals surface area (Å²) in [6.45, 7) is 3.41. The molecule has 0 heterocycles. The van der Waals surface area contributed by atoms with Gasteiger partial charge in [-0.15, -0.1) is 0 Å². The molecule has 158 valence electrons. The quantitative estimate of drug-likeness (QED) is 0.659.